The van der Waals surface area contributed by atoms with Crippen LogP contribution in [0.15, 0.2) is 18.2 Å². The first-order valence-electron chi connectivity index (χ1n) is 6.80. The highest BCUT2D eigenvalue weighted by atomic mass is 16.5. The van der Waals surface area contributed by atoms with Crippen LogP contribution in [-0.2, 0) is 12.8 Å². The number of aryl methyl sites for hydroxylation is 2. The van der Waals surface area contributed by atoms with E-state index in [9.17, 15) is 0 Å². The van der Waals surface area contributed by atoms with Gasteiger partial charge in [-0.15, -0.1) is 0 Å². The van der Waals surface area contributed by atoms with E-state index in [2.05, 4.69) is 23.1 Å². The van der Waals surface area contributed by atoms with E-state index in [-0.39, 0.29) is 6.04 Å². The standard InChI is InChI=1S/C15H24N2O/c1-17(2)10-14(16)11-18-15-8-7-12-5-3-4-6-13(12)9-15/h7-9,14H,3-6,10-11,16H2,1-2H3. The lowest BCUT2D eigenvalue weighted by atomic mass is 9.92. The Bertz CT molecular complexity index is 390. The van der Waals surface area contributed by atoms with Crippen molar-refractivity contribution in [3.63, 3.8) is 0 Å². The van der Waals surface area contributed by atoms with Gasteiger partial charge in [0.05, 0.1) is 6.04 Å². The van der Waals surface area contributed by atoms with Crippen LogP contribution < -0.4 is 10.5 Å². The maximum atomic E-state index is 5.99. The number of nitrogens with two attached hydrogens (primary N) is 1. The van der Waals surface area contributed by atoms with Crippen LogP contribution in [0.1, 0.15) is 24.0 Å². The van der Waals surface area contributed by atoms with Crippen LogP contribution in [0.2, 0.25) is 0 Å². The van der Waals surface area contributed by atoms with Gasteiger partial charge in [-0.1, -0.05) is 6.07 Å². The minimum absolute atomic E-state index is 0.0658. The number of nitrogens with zero attached hydrogens (tertiary/aromatic N) is 1. The van der Waals surface area contributed by atoms with Crippen molar-refractivity contribution in [2.75, 3.05) is 27.2 Å². The molecule has 0 radical (unpaired) electrons. The van der Waals surface area contributed by atoms with Gasteiger partial charge in [0, 0.05) is 6.54 Å². The van der Waals surface area contributed by atoms with Gasteiger partial charge in [-0.3, -0.25) is 0 Å². The highest BCUT2D eigenvalue weighted by Crippen LogP contribution is 2.25. The largest absolute Gasteiger partial charge is 0.492 e. The van der Waals surface area contributed by atoms with E-state index >= 15 is 0 Å². The number of rotatable bonds is 5. The van der Waals surface area contributed by atoms with E-state index in [1.807, 2.05) is 14.1 Å². The molecule has 1 aliphatic rings. The average Bonchev–Trinajstić information content (AvgIpc) is 2.35. The Morgan fingerprint density at radius 3 is 2.67 bits per heavy atom. The Morgan fingerprint density at radius 2 is 1.94 bits per heavy atom. The third kappa shape index (κ3) is 3.72. The molecule has 2 rings (SSSR count). The monoisotopic (exact) mass is 248 g/mol. The molecule has 0 amide bonds. The van der Waals surface area contributed by atoms with Crippen LogP contribution in [0.3, 0.4) is 0 Å². The van der Waals surface area contributed by atoms with E-state index in [0.717, 1.165) is 12.3 Å². The summed E-state index contributed by atoms with van der Waals surface area (Å²) >= 11 is 0. The number of likely N-dealkylation sites (N-methyl/N-ethyl adjacent to an activating group) is 1. The quantitative estimate of drug-likeness (QED) is 0.864. The Labute approximate surface area is 110 Å². The molecule has 0 spiro atoms. The van der Waals surface area contributed by atoms with Crippen LogP contribution in [0.4, 0.5) is 0 Å². The Morgan fingerprint density at radius 1 is 1.22 bits per heavy atom. The first kappa shape index (κ1) is 13.4. The first-order valence-corrected chi connectivity index (χ1v) is 6.80. The summed E-state index contributed by atoms with van der Waals surface area (Å²) in [5, 5.41) is 0. The van der Waals surface area contributed by atoms with Crippen molar-refractivity contribution in [1.29, 1.82) is 0 Å². The van der Waals surface area contributed by atoms with Crippen molar-refractivity contribution in [2.45, 2.75) is 31.7 Å². The molecule has 0 saturated carbocycles. The van der Waals surface area contributed by atoms with Gasteiger partial charge in [0.2, 0.25) is 0 Å². The van der Waals surface area contributed by atoms with E-state index < -0.39 is 0 Å². The Hall–Kier alpha value is -1.06. The maximum Gasteiger partial charge on any atom is 0.119 e. The van der Waals surface area contributed by atoms with E-state index in [1.165, 1.54) is 36.8 Å². The van der Waals surface area contributed by atoms with E-state index in [1.54, 1.807) is 0 Å². The normalized spacial score (nSPS) is 16.4. The summed E-state index contributed by atoms with van der Waals surface area (Å²) < 4.78 is 5.78. The molecule has 0 saturated heterocycles. The summed E-state index contributed by atoms with van der Waals surface area (Å²) in [6, 6.07) is 6.54. The molecule has 0 aliphatic heterocycles. The molecule has 100 valence electrons. The highest BCUT2D eigenvalue weighted by Gasteiger charge is 2.10. The summed E-state index contributed by atoms with van der Waals surface area (Å²) in [6.07, 6.45) is 5.03. The Balaban J connectivity index is 1.90. The topological polar surface area (TPSA) is 38.5 Å². The zero-order valence-corrected chi connectivity index (χ0v) is 11.5. The van der Waals surface area contributed by atoms with Crippen molar-refractivity contribution < 1.29 is 4.74 Å². The van der Waals surface area contributed by atoms with Crippen LogP contribution in [-0.4, -0.2) is 38.2 Å². The summed E-state index contributed by atoms with van der Waals surface area (Å²) in [5.74, 6) is 0.963. The van der Waals surface area contributed by atoms with Gasteiger partial charge in [-0.05, 0) is 63.0 Å². The average molecular weight is 248 g/mol. The van der Waals surface area contributed by atoms with Gasteiger partial charge < -0.3 is 15.4 Å². The second-order valence-electron chi connectivity index (χ2n) is 5.47. The molecule has 0 fully saturated rings. The lowest BCUT2D eigenvalue weighted by Gasteiger charge is -2.19. The predicted molar refractivity (Wildman–Crippen MR) is 75.1 cm³/mol. The Kier molecular flexibility index (Phi) is 4.61. The lowest BCUT2D eigenvalue weighted by molar-refractivity contribution is 0.254. The summed E-state index contributed by atoms with van der Waals surface area (Å²) in [4.78, 5) is 2.08. The molecule has 2 N–H and O–H groups in total. The molecule has 3 nitrogen and oxygen atoms in total. The molecule has 0 heterocycles. The molecule has 0 bridgehead atoms. The van der Waals surface area contributed by atoms with Gasteiger partial charge in [-0.25, -0.2) is 0 Å². The van der Waals surface area contributed by atoms with Gasteiger partial charge >= 0.3 is 0 Å². The van der Waals surface area contributed by atoms with Crippen molar-refractivity contribution in [3.05, 3.63) is 29.3 Å². The number of benzene rings is 1. The number of hydrogen-bond donors (Lipinski definition) is 1. The predicted octanol–water partition coefficient (Wildman–Crippen LogP) is 1.83. The van der Waals surface area contributed by atoms with Crippen LogP contribution in [0.5, 0.6) is 5.75 Å². The zero-order chi connectivity index (χ0) is 13.0. The molecule has 3 heteroatoms. The molecule has 1 unspecified atom stereocenters. The van der Waals surface area contributed by atoms with Gasteiger partial charge in [0.25, 0.3) is 0 Å². The van der Waals surface area contributed by atoms with Crippen LogP contribution in [0, 0.1) is 0 Å². The maximum absolute atomic E-state index is 5.99. The van der Waals surface area contributed by atoms with Crippen LogP contribution in [0.25, 0.3) is 0 Å². The molecule has 0 aromatic heterocycles. The fraction of sp³-hybridized carbons (Fsp3) is 0.600. The molecule has 1 aromatic carbocycles. The van der Waals surface area contributed by atoms with Gasteiger partial charge in [0.1, 0.15) is 12.4 Å². The second kappa shape index (κ2) is 6.21. The van der Waals surface area contributed by atoms with Gasteiger partial charge in [-0.2, -0.15) is 0 Å². The number of fused-ring (bicyclic) bond motifs is 1. The summed E-state index contributed by atoms with van der Waals surface area (Å²) in [7, 11) is 4.05. The fourth-order valence-corrected chi connectivity index (χ4v) is 2.52. The van der Waals surface area contributed by atoms with E-state index in [4.69, 9.17) is 10.5 Å². The number of ether oxygens (including phenoxy) is 1. The molecular formula is C15H24N2O. The SMILES string of the molecule is CN(C)CC(N)COc1ccc2c(c1)CCCC2. The summed E-state index contributed by atoms with van der Waals surface area (Å²) in [5.41, 5.74) is 8.94. The molecule has 1 aromatic rings. The van der Waals surface area contributed by atoms with E-state index in [0.29, 0.717) is 6.61 Å². The molecule has 1 atom stereocenters. The van der Waals surface area contributed by atoms with Crippen molar-refractivity contribution in [3.8, 4) is 5.75 Å². The first-order chi connectivity index (χ1) is 8.65. The fourth-order valence-electron chi connectivity index (χ4n) is 2.52. The molecule has 1 aliphatic carbocycles. The van der Waals surface area contributed by atoms with Crippen LogP contribution >= 0.6 is 0 Å². The minimum atomic E-state index is 0.0658. The van der Waals surface area contributed by atoms with Gasteiger partial charge in [0.15, 0.2) is 0 Å². The van der Waals surface area contributed by atoms with Crippen molar-refractivity contribution in [2.24, 2.45) is 5.73 Å². The zero-order valence-electron chi connectivity index (χ0n) is 11.5. The number of hydrogen-bond acceptors (Lipinski definition) is 3. The third-order valence-corrected chi connectivity index (χ3v) is 3.38. The second-order valence-corrected chi connectivity index (χ2v) is 5.47. The lowest BCUT2D eigenvalue weighted by Crippen LogP contribution is -2.37. The van der Waals surface area contributed by atoms with Crippen molar-refractivity contribution >= 4 is 0 Å². The third-order valence-electron chi connectivity index (χ3n) is 3.38. The molecule has 18 heavy (non-hydrogen) atoms. The van der Waals surface area contributed by atoms with Crippen molar-refractivity contribution in [1.82, 2.24) is 4.90 Å². The summed E-state index contributed by atoms with van der Waals surface area (Å²) in [6.45, 7) is 1.43. The minimum Gasteiger partial charge on any atom is -0.492 e. The molecular weight excluding hydrogens is 224 g/mol. The highest BCUT2D eigenvalue weighted by molar-refractivity contribution is 5.37. The smallest absolute Gasteiger partial charge is 0.119 e.